The van der Waals surface area contributed by atoms with Crippen molar-refractivity contribution in [2.75, 3.05) is 37.7 Å². The first-order valence-corrected chi connectivity index (χ1v) is 12.2. The van der Waals surface area contributed by atoms with Gasteiger partial charge in [-0.25, -0.2) is 9.78 Å². The Bertz CT molecular complexity index is 999. The predicted molar refractivity (Wildman–Crippen MR) is 141 cm³/mol. The number of carbonyl (C=O) groups is 1. The van der Waals surface area contributed by atoms with Gasteiger partial charge in [-0.05, 0) is 65.6 Å². The molecule has 2 atom stereocenters. The SMILES string of the molecule is Cc1cc(OC[C@H]2CCCN(C(C)c3cnc4c(c3)OCCN4C(=O)OC(C)C)C2)cc(C)n1.S. The lowest BCUT2D eigenvalue weighted by Gasteiger charge is -2.37. The van der Waals surface area contributed by atoms with Crippen molar-refractivity contribution in [3.05, 3.63) is 41.3 Å². The van der Waals surface area contributed by atoms with Gasteiger partial charge in [-0.15, -0.1) is 0 Å². The number of fused-ring (bicyclic) bond motifs is 1. The maximum Gasteiger partial charge on any atom is 0.415 e. The summed E-state index contributed by atoms with van der Waals surface area (Å²) in [6.45, 7) is 13.4. The third-order valence-corrected chi connectivity index (χ3v) is 6.36. The van der Waals surface area contributed by atoms with E-state index >= 15 is 0 Å². The molecule has 35 heavy (non-hydrogen) atoms. The number of likely N-dealkylation sites (tertiary alicyclic amines) is 1. The van der Waals surface area contributed by atoms with Crippen LogP contribution in [0, 0.1) is 19.8 Å². The fourth-order valence-electron chi connectivity index (χ4n) is 4.68. The molecular formula is C26H38N4O4S. The number of anilines is 1. The van der Waals surface area contributed by atoms with Crippen LogP contribution < -0.4 is 14.4 Å². The molecule has 2 aromatic heterocycles. The van der Waals surface area contributed by atoms with Crippen LogP contribution in [0.3, 0.4) is 0 Å². The number of amides is 1. The molecule has 0 N–H and O–H groups in total. The monoisotopic (exact) mass is 502 g/mol. The number of piperidine rings is 1. The van der Waals surface area contributed by atoms with E-state index in [9.17, 15) is 4.79 Å². The van der Waals surface area contributed by atoms with Gasteiger partial charge in [0.15, 0.2) is 11.6 Å². The molecule has 0 aliphatic carbocycles. The fourth-order valence-corrected chi connectivity index (χ4v) is 4.68. The molecule has 1 fully saturated rings. The van der Waals surface area contributed by atoms with Crippen molar-refractivity contribution in [3.63, 3.8) is 0 Å². The van der Waals surface area contributed by atoms with Crippen LogP contribution in [0.5, 0.6) is 11.5 Å². The number of pyridine rings is 2. The number of ether oxygens (including phenoxy) is 3. The zero-order valence-electron chi connectivity index (χ0n) is 21.4. The smallest absolute Gasteiger partial charge is 0.415 e. The molecule has 0 bridgehead atoms. The lowest BCUT2D eigenvalue weighted by Crippen LogP contribution is -2.40. The minimum atomic E-state index is -0.383. The molecular weight excluding hydrogens is 464 g/mol. The van der Waals surface area contributed by atoms with Gasteiger partial charge in [0.2, 0.25) is 0 Å². The Morgan fingerprint density at radius 3 is 2.63 bits per heavy atom. The van der Waals surface area contributed by atoms with Crippen molar-refractivity contribution in [2.45, 2.75) is 59.6 Å². The Kier molecular flexibility index (Phi) is 9.24. The lowest BCUT2D eigenvalue weighted by atomic mass is 9.96. The van der Waals surface area contributed by atoms with E-state index in [2.05, 4.69) is 21.8 Å². The number of aromatic nitrogens is 2. The summed E-state index contributed by atoms with van der Waals surface area (Å²) in [6.07, 6.45) is 3.59. The Hall–Kier alpha value is -2.52. The molecule has 9 heteroatoms. The fraction of sp³-hybridized carbons (Fsp3) is 0.577. The van der Waals surface area contributed by atoms with Gasteiger partial charge < -0.3 is 14.2 Å². The summed E-state index contributed by atoms with van der Waals surface area (Å²) >= 11 is 0. The summed E-state index contributed by atoms with van der Waals surface area (Å²) in [7, 11) is 0. The third kappa shape index (κ3) is 6.79. The van der Waals surface area contributed by atoms with Gasteiger partial charge in [-0.1, -0.05) is 0 Å². The largest absolute Gasteiger partial charge is 0.493 e. The van der Waals surface area contributed by atoms with Crippen molar-refractivity contribution in [1.29, 1.82) is 0 Å². The normalized spacial score (nSPS) is 18.8. The average molecular weight is 503 g/mol. The van der Waals surface area contributed by atoms with E-state index in [-0.39, 0.29) is 31.7 Å². The molecule has 1 unspecified atom stereocenters. The molecule has 2 aromatic rings. The summed E-state index contributed by atoms with van der Waals surface area (Å²) in [4.78, 5) is 25.5. The Labute approximate surface area is 215 Å². The molecule has 2 aliphatic heterocycles. The standard InChI is InChI=1S/C26H36N4O4.H2S/c1-17(2)34-26(31)30-9-10-32-24-13-22(14-27-25(24)30)20(5)29-8-6-7-21(15-29)16-33-23-11-18(3)28-19(4)12-23;/h11-14,17,20-21H,6-10,15-16H2,1-5H3;1H2/t20?,21-;/m0./s1. The Morgan fingerprint density at radius 2 is 1.91 bits per heavy atom. The zero-order valence-corrected chi connectivity index (χ0v) is 22.4. The summed E-state index contributed by atoms with van der Waals surface area (Å²) in [5, 5.41) is 0. The number of hydrogen-bond donors (Lipinski definition) is 0. The van der Waals surface area contributed by atoms with Crippen molar-refractivity contribution in [3.8, 4) is 11.5 Å². The number of hydrogen-bond acceptors (Lipinski definition) is 7. The molecule has 4 rings (SSSR count). The van der Waals surface area contributed by atoms with Gasteiger partial charge in [-0.2, -0.15) is 13.5 Å². The van der Waals surface area contributed by atoms with Crippen LogP contribution in [-0.2, 0) is 4.74 Å². The Balaban J connectivity index is 0.00000342. The van der Waals surface area contributed by atoms with Crippen LogP contribution in [0.15, 0.2) is 24.4 Å². The second kappa shape index (κ2) is 11.9. The molecule has 0 spiro atoms. The van der Waals surface area contributed by atoms with E-state index in [0.717, 1.165) is 48.6 Å². The van der Waals surface area contributed by atoms with Crippen molar-refractivity contribution < 1.29 is 19.0 Å². The van der Waals surface area contributed by atoms with Crippen LogP contribution in [0.2, 0.25) is 0 Å². The van der Waals surface area contributed by atoms with Crippen molar-refractivity contribution in [2.24, 2.45) is 5.92 Å². The first-order chi connectivity index (χ1) is 16.3. The van der Waals surface area contributed by atoms with E-state index in [4.69, 9.17) is 14.2 Å². The maximum absolute atomic E-state index is 12.5. The lowest BCUT2D eigenvalue weighted by molar-refractivity contribution is 0.100. The zero-order chi connectivity index (χ0) is 24.2. The number of rotatable bonds is 6. The van der Waals surface area contributed by atoms with Gasteiger partial charge >= 0.3 is 6.09 Å². The molecule has 0 radical (unpaired) electrons. The van der Waals surface area contributed by atoms with Crippen LogP contribution in [-0.4, -0.2) is 59.9 Å². The topological polar surface area (TPSA) is 77.0 Å². The quantitative estimate of drug-likeness (QED) is 0.561. The highest BCUT2D eigenvalue weighted by molar-refractivity contribution is 7.59. The molecule has 2 aliphatic rings. The van der Waals surface area contributed by atoms with E-state index in [1.54, 1.807) is 4.90 Å². The van der Waals surface area contributed by atoms with Crippen molar-refractivity contribution in [1.82, 2.24) is 14.9 Å². The highest BCUT2D eigenvalue weighted by Crippen LogP contribution is 2.34. The molecule has 4 heterocycles. The minimum Gasteiger partial charge on any atom is -0.493 e. The molecule has 0 aromatic carbocycles. The number of carbonyl (C=O) groups excluding carboxylic acids is 1. The van der Waals surface area contributed by atoms with E-state index in [1.807, 2.05) is 52.1 Å². The van der Waals surface area contributed by atoms with Crippen LogP contribution >= 0.6 is 13.5 Å². The molecule has 192 valence electrons. The van der Waals surface area contributed by atoms with E-state index in [0.29, 0.717) is 37.2 Å². The summed E-state index contributed by atoms with van der Waals surface area (Å²) in [5.41, 5.74) is 3.04. The summed E-state index contributed by atoms with van der Waals surface area (Å²) in [6, 6.07) is 6.20. The number of nitrogens with zero attached hydrogens (tertiary/aromatic N) is 4. The molecule has 1 saturated heterocycles. The predicted octanol–water partition coefficient (Wildman–Crippen LogP) is 4.80. The summed E-state index contributed by atoms with van der Waals surface area (Å²) < 4.78 is 17.4. The highest BCUT2D eigenvalue weighted by atomic mass is 32.1. The first-order valence-electron chi connectivity index (χ1n) is 12.2. The van der Waals surface area contributed by atoms with Gasteiger partial charge in [-0.3, -0.25) is 14.8 Å². The summed E-state index contributed by atoms with van der Waals surface area (Å²) in [5.74, 6) is 2.53. The van der Waals surface area contributed by atoms with Crippen LogP contribution in [0.1, 0.15) is 56.6 Å². The van der Waals surface area contributed by atoms with Crippen LogP contribution in [0.4, 0.5) is 10.6 Å². The molecule has 1 amide bonds. The minimum absolute atomic E-state index is 0. The van der Waals surface area contributed by atoms with Crippen molar-refractivity contribution >= 4 is 25.4 Å². The van der Waals surface area contributed by atoms with Gasteiger partial charge in [0.05, 0.1) is 19.3 Å². The van der Waals surface area contributed by atoms with Crippen LogP contribution in [0.25, 0.3) is 0 Å². The van der Waals surface area contributed by atoms with Gasteiger partial charge in [0, 0.05) is 48.2 Å². The highest BCUT2D eigenvalue weighted by Gasteiger charge is 2.30. The second-order valence-corrected chi connectivity index (χ2v) is 9.60. The van der Waals surface area contributed by atoms with E-state index < -0.39 is 0 Å². The van der Waals surface area contributed by atoms with E-state index in [1.165, 1.54) is 0 Å². The molecule has 0 saturated carbocycles. The average Bonchev–Trinajstić information content (AvgIpc) is 2.80. The third-order valence-electron chi connectivity index (χ3n) is 6.36. The van der Waals surface area contributed by atoms with Gasteiger partial charge in [0.1, 0.15) is 12.4 Å². The maximum atomic E-state index is 12.5. The Morgan fingerprint density at radius 1 is 1.17 bits per heavy atom. The second-order valence-electron chi connectivity index (χ2n) is 9.60. The number of aryl methyl sites for hydroxylation is 2. The first kappa shape index (κ1) is 27.1. The van der Waals surface area contributed by atoms with Gasteiger partial charge in [0.25, 0.3) is 0 Å². The molecule has 8 nitrogen and oxygen atoms in total.